The molecule has 1 fully saturated rings. The van der Waals surface area contributed by atoms with Gasteiger partial charge in [-0.3, -0.25) is 4.79 Å². The van der Waals surface area contributed by atoms with Gasteiger partial charge in [-0.05, 0) is 19.4 Å². The van der Waals surface area contributed by atoms with Gasteiger partial charge in [-0.2, -0.15) is 0 Å². The molecule has 0 aromatic rings. The van der Waals surface area contributed by atoms with E-state index >= 15 is 0 Å². The van der Waals surface area contributed by atoms with Gasteiger partial charge in [0.25, 0.3) is 0 Å². The van der Waals surface area contributed by atoms with Crippen molar-refractivity contribution >= 4 is 5.91 Å². The number of amides is 1. The number of ether oxygens (including phenoxy) is 1. The highest BCUT2D eigenvalue weighted by molar-refractivity contribution is 5.81. The largest absolute Gasteiger partial charge is 0.383 e. The molecule has 2 atom stereocenters. The van der Waals surface area contributed by atoms with Gasteiger partial charge in [0.2, 0.25) is 5.91 Å². The predicted molar refractivity (Wildman–Crippen MR) is 59.7 cm³/mol. The second kappa shape index (κ2) is 6.08. The van der Waals surface area contributed by atoms with E-state index in [1.165, 1.54) is 0 Å². The molecule has 0 bridgehead atoms. The van der Waals surface area contributed by atoms with Crippen LogP contribution in [0.25, 0.3) is 0 Å². The molecule has 1 aliphatic carbocycles. The van der Waals surface area contributed by atoms with Crippen molar-refractivity contribution in [2.24, 2.45) is 11.8 Å². The van der Waals surface area contributed by atoms with Crippen LogP contribution in [0.15, 0.2) is 0 Å². The number of carbonyl (C=O) groups is 1. The van der Waals surface area contributed by atoms with Crippen LogP contribution in [-0.2, 0) is 9.53 Å². The lowest BCUT2D eigenvalue weighted by Gasteiger charge is -2.16. The lowest BCUT2D eigenvalue weighted by molar-refractivity contribution is -0.122. The summed E-state index contributed by atoms with van der Waals surface area (Å²) < 4.78 is 4.97. The first-order valence-electron chi connectivity index (χ1n) is 5.60. The average Bonchev–Trinajstić information content (AvgIpc) is 2.92. The molecule has 1 aliphatic rings. The number of hydrogen-bond acceptors (Lipinski definition) is 3. The Morgan fingerprint density at radius 3 is 2.73 bits per heavy atom. The van der Waals surface area contributed by atoms with Gasteiger partial charge in [-0.1, -0.05) is 6.92 Å². The first-order chi connectivity index (χ1) is 7.15. The highest BCUT2D eigenvalue weighted by Gasteiger charge is 2.38. The smallest absolute Gasteiger partial charge is 0.223 e. The monoisotopic (exact) mass is 214 g/mol. The van der Waals surface area contributed by atoms with E-state index in [1.807, 2.05) is 7.05 Å². The van der Waals surface area contributed by atoms with Gasteiger partial charge in [0.1, 0.15) is 0 Å². The van der Waals surface area contributed by atoms with E-state index in [9.17, 15) is 4.79 Å². The number of nitrogens with one attached hydrogen (secondary N) is 1. The van der Waals surface area contributed by atoms with E-state index in [0.717, 1.165) is 32.7 Å². The molecular formula is C11H22N2O2. The van der Waals surface area contributed by atoms with Gasteiger partial charge < -0.3 is 15.0 Å². The van der Waals surface area contributed by atoms with Gasteiger partial charge in [0.05, 0.1) is 6.61 Å². The van der Waals surface area contributed by atoms with Gasteiger partial charge in [-0.15, -0.1) is 0 Å². The highest BCUT2D eigenvalue weighted by atomic mass is 16.5. The summed E-state index contributed by atoms with van der Waals surface area (Å²) in [7, 11) is 3.73. The Morgan fingerprint density at radius 1 is 1.53 bits per heavy atom. The standard InChI is InChI=1S/C11H22N2O2/c1-9-8-10(9)11(14)12-4-5-13(2)6-7-15-3/h9-10H,4-8H2,1-3H3,(H,12,14). The van der Waals surface area contributed by atoms with Crippen LogP contribution in [0.5, 0.6) is 0 Å². The minimum Gasteiger partial charge on any atom is -0.383 e. The summed E-state index contributed by atoms with van der Waals surface area (Å²) in [4.78, 5) is 13.6. The summed E-state index contributed by atoms with van der Waals surface area (Å²) >= 11 is 0. The maximum Gasteiger partial charge on any atom is 0.223 e. The molecule has 0 aromatic heterocycles. The summed E-state index contributed by atoms with van der Waals surface area (Å²) in [6.07, 6.45) is 1.06. The molecule has 1 rings (SSSR count). The molecule has 0 aliphatic heterocycles. The number of hydrogen-bond donors (Lipinski definition) is 1. The van der Waals surface area contributed by atoms with Crippen molar-refractivity contribution in [3.63, 3.8) is 0 Å². The summed E-state index contributed by atoms with van der Waals surface area (Å²) in [6.45, 7) is 5.39. The van der Waals surface area contributed by atoms with E-state index in [1.54, 1.807) is 7.11 Å². The van der Waals surface area contributed by atoms with Gasteiger partial charge in [0, 0.05) is 32.7 Å². The Balaban J connectivity index is 1.98. The molecule has 1 amide bonds. The van der Waals surface area contributed by atoms with Crippen LogP contribution in [0.2, 0.25) is 0 Å². The third-order valence-electron chi connectivity index (χ3n) is 2.92. The van der Waals surface area contributed by atoms with Crippen molar-refractivity contribution in [2.45, 2.75) is 13.3 Å². The molecule has 0 aromatic carbocycles. The van der Waals surface area contributed by atoms with E-state index in [0.29, 0.717) is 5.92 Å². The van der Waals surface area contributed by atoms with Crippen molar-refractivity contribution < 1.29 is 9.53 Å². The molecule has 4 heteroatoms. The second-order valence-electron chi connectivity index (χ2n) is 4.41. The first-order valence-corrected chi connectivity index (χ1v) is 5.60. The topological polar surface area (TPSA) is 41.6 Å². The second-order valence-corrected chi connectivity index (χ2v) is 4.41. The Hall–Kier alpha value is -0.610. The van der Waals surface area contributed by atoms with Crippen LogP contribution in [0.1, 0.15) is 13.3 Å². The maximum atomic E-state index is 11.5. The van der Waals surface area contributed by atoms with Crippen molar-refractivity contribution in [3.05, 3.63) is 0 Å². The zero-order chi connectivity index (χ0) is 11.3. The van der Waals surface area contributed by atoms with Gasteiger partial charge in [0.15, 0.2) is 0 Å². The Bertz CT molecular complexity index is 209. The van der Waals surface area contributed by atoms with Crippen LogP contribution in [-0.4, -0.2) is 51.2 Å². The van der Waals surface area contributed by atoms with Crippen LogP contribution < -0.4 is 5.32 Å². The van der Waals surface area contributed by atoms with Crippen molar-refractivity contribution in [3.8, 4) is 0 Å². The zero-order valence-electron chi connectivity index (χ0n) is 9.95. The number of nitrogens with zero attached hydrogens (tertiary/aromatic N) is 1. The molecule has 88 valence electrons. The SMILES string of the molecule is COCCN(C)CCNC(=O)C1CC1C. The van der Waals surface area contributed by atoms with Crippen molar-refractivity contribution in [2.75, 3.05) is 40.4 Å². The quantitative estimate of drug-likeness (QED) is 0.664. The minimum absolute atomic E-state index is 0.225. The summed E-state index contributed by atoms with van der Waals surface area (Å²) in [5, 5.41) is 2.96. The molecule has 0 radical (unpaired) electrons. The third kappa shape index (κ3) is 4.62. The van der Waals surface area contributed by atoms with E-state index in [4.69, 9.17) is 4.74 Å². The van der Waals surface area contributed by atoms with Gasteiger partial charge >= 0.3 is 0 Å². The first kappa shape index (κ1) is 12.5. The molecule has 15 heavy (non-hydrogen) atoms. The van der Waals surface area contributed by atoms with Crippen LogP contribution in [0.4, 0.5) is 0 Å². The molecule has 1 N–H and O–H groups in total. The summed E-state index contributed by atoms with van der Waals surface area (Å²) in [5.74, 6) is 1.10. The maximum absolute atomic E-state index is 11.5. The number of likely N-dealkylation sites (N-methyl/N-ethyl adjacent to an activating group) is 1. The lowest BCUT2D eigenvalue weighted by atomic mass is 10.3. The van der Waals surface area contributed by atoms with Crippen LogP contribution in [0.3, 0.4) is 0 Å². The molecule has 0 heterocycles. The molecular weight excluding hydrogens is 192 g/mol. The molecule has 2 unspecified atom stereocenters. The molecule has 4 nitrogen and oxygen atoms in total. The number of carbonyl (C=O) groups excluding carboxylic acids is 1. The fourth-order valence-corrected chi connectivity index (χ4v) is 1.55. The Labute approximate surface area is 92.0 Å². The van der Waals surface area contributed by atoms with E-state index < -0.39 is 0 Å². The van der Waals surface area contributed by atoms with Crippen molar-refractivity contribution in [1.82, 2.24) is 10.2 Å². The molecule has 0 spiro atoms. The normalized spacial score (nSPS) is 24.3. The lowest BCUT2D eigenvalue weighted by Crippen LogP contribution is -2.35. The molecule has 1 saturated carbocycles. The Morgan fingerprint density at radius 2 is 2.20 bits per heavy atom. The average molecular weight is 214 g/mol. The predicted octanol–water partition coefficient (Wildman–Crippen LogP) is 0.337. The van der Waals surface area contributed by atoms with Crippen LogP contribution >= 0.6 is 0 Å². The van der Waals surface area contributed by atoms with Crippen LogP contribution in [0, 0.1) is 11.8 Å². The van der Waals surface area contributed by atoms with E-state index in [-0.39, 0.29) is 11.8 Å². The Kier molecular flexibility index (Phi) is 5.05. The number of rotatable bonds is 7. The summed E-state index contributed by atoms with van der Waals surface area (Å²) in [6, 6.07) is 0. The fraction of sp³-hybridized carbons (Fsp3) is 0.909. The molecule has 0 saturated heterocycles. The zero-order valence-corrected chi connectivity index (χ0v) is 9.95. The highest BCUT2D eigenvalue weighted by Crippen LogP contribution is 2.37. The minimum atomic E-state index is 0.225. The fourth-order valence-electron chi connectivity index (χ4n) is 1.55. The summed E-state index contributed by atoms with van der Waals surface area (Å²) in [5.41, 5.74) is 0. The van der Waals surface area contributed by atoms with E-state index in [2.05, 4.69) is 17.1 Å². The van der Waals surface area contributed by atoms with Gasteiger partial charge in [-0.25, -0.2) is 0 Å². The number of methoxy groups -OCH3 is 1. The van der Waals surface area contributed by atoms with Crippen molar-refractivity contribution in [1.29, 1.82) is 0 Å². The third-order valence-corrected chi connectivity index (χ3v) is 2.92.